The molecule has 0 bridgehead atoms. The minimum Gasteiger partial charge on any atom is -0.341 e. The van der Waals surface area contributed by atoms with Crippen LogP contribution in [0, 0.1) is 0 Å². The summed E-state index contributed by atoms with van der Waals surface area (Å²) in [4.78, 5) is 13.9. The molecule has 112 valence electrons. The summed E-state index contributed by atoms with van der Waals surface area (Å²) >= 11 is 0. The van der Waals surface area contributed by atoms with Crippen molar-refractivity contribution in [2.75, 3.05) is 7.05 Å². The van der Waals surface area contributed by atoms with Crippen molar-refractivity contribution < 1.29 is 4.79 Å². The monoisotopic (exact) mass is 284 g/mol. The molecule has 0 aliphatic carbocycles. The van der Waals surface area contributed by atoms with Crippen LogP contribution in [0.3, 0.4) is 0 Å². The van der Waals surface area contributed by atoms with Crippen LogP contribution in [-0.4, -0.2) is 23.9 Å². The lowest BCUT2D eigenvalue weighted by molar-refractivity contribution is -0.130. The molecular formula is C18H24N2O. The molecule has 2 rings (SSSR count). The van der Waals surface area contributed by atoms with E-state index in [1.807, 2.05) is 19.2 Å². The molecule has 0 fully saturated rings. The number of nitrogens with two attached hydrogens (primary N) is 1. The van der Waals surface area contributed by atoms with E-state index in [2.05, 4.69) is 37.3 Å². The predicted molar refractivity (Wildman–Crippen MR) is 87.9 cm³/mol. The second-order valence-corrected chi connectivity index (χ2v) is 5.68. The van der Waals surface area contributed by atoms with Crippen LogP contribution in [0.15, 0.2) is 42.5 Å². The fourth-order valence-corrected chi connectivity index (χ4v) is 2.55. The molecule has 21 heavy (non-hydrogen) atoms. The first-order valence-electron chi connectivity index (χ1n) is 7.57. The number of rotatable bonds is 6. The summed E-state index contributed by atoms with van der Waals surface area (Å²) in [5.74, 6) is 0.115. The molecule has 1 amide bonds. The molecule has 2 aromatic carbocycles. The van der Waals surface area contributed by atoms with Crippen molar-refractivity contribution in [1.29, 1.82) is 0 Å². The Morgan fingerprint density at radius 2 is 1.90 bits per heavy atom. The van der Waals surface area contributed by atoms with E-state index < -0.39 is 0 Å². The molecule has 0 saturated carbocycles. The van der Waals surface area contributed by atoms with E-state index in [1.165, 1.54) is 10.8 Å². The lowest BCUT2D eigenvalue weighted by Gasteiger charge is -2.20. The van der Waals surface area contributed by atoms with Crippen molar-refractivity contribution in [2.24, 2.45) is 5.73 Å². The van der Waals surface area contributed by atoms with E-state index in [1.54, 1.807) is 4.90 Å². The van der Waals surface area contributed by atoms with Crippen LogP contribution in [0.25, 0.3) is 10.8 Å². The van der Waals surface area contributed by atoms with Gasteiger partial charge in [0, 0.05) is 26.1 Å². The van der Waals surface area contributed by atoms with Crippen LogP contribution < -0.4 is 5.73 Å². The molecule has 1 atom stereocenters. The van der Waals surface area contributed by atoms with E-state index in [9.17, 15) is 4.79 Å². The number of nitrogens with zero attached hydrogens (tertiary/aromatic N) is 1. The summed E-state index contributed by atoms with van der Waals surface area (Å²) < 4.78 is 0. The second-order valence-electron chi connectivity index (χ2n) is 5.68. The Bertz CT molecular complexity index is 609. The van der Waals surface area contributed by atoms with Gasteiger partial charge in [0.05, 0.1) is 0 Å². The topological polar surface area (TPSA) is 46.3 Å². The fraction of sp³-hybridized carbons (Fsp3) is 0.389. The summed E-state index contributed by atoms with van der Waals surface area (Å²) in [5.41, 5.74) is 7.09. The zero-order chi connectivity index (χ0) is 15.2. The zero-order valence-corrected chi connectivity index (χ0v) is 12.9. The van der Waals surface area contributed by atoms with Gasteiger partial charge in [0.15, 0.2) is 0 Å². The number of carbonyl (C=O) groups is 1. The Morgan fingerprint density at radius 3 is 2.62 bits per heavy atom. The number of carbonyl (C=O) groups excluding carboxylic acids is 1. The second kappa shape index (κ2) is 7.23. The average Bonchev–Trinajstić information content (AvgIpc) is 2.47. The number of amides is 1. The van der Waals surface area contributed by atoms with Crippen LogP contribution in [-0.2, 0) is 11.3 Å². The molecular weight excluding hydrogens is 260 g/mol. The number of benzene rings is 2. The average molecular weight is 284 g/mol. The first kappa shape index (κ1) is 15.5. The van der Waals surface area contributed by atoms with Crippen LogP contribution in [0.2, 0.25) is 0 Å². The molecule has 2 N–H and O–H groups in total. The maximum Gasteiger partial charge on any atom is 0.224 e. The summed E-state index contributed by atoms with van der Waals surface area (Å²) in [6, 6.07) is 14.6. The highest BCUT2D eigenvalue weighted by Gasteiger charge is 2.13. The van der Waals surface area contributed by atoms with Crippen molar-refractivity contribution in [1.82, 2.24) is 4.90 Å². The van der Waals surface area contributed by atoms with Gasteiger partial charge in [-0.1, -0.05) is 49.7 Å². The molecule has 1 unspecified atom stereocenters. The molecule has 0 aliphatic heterocycles. The quantitative estimate of drug-likeness (QED) is 0.884. The Kier molecular flexibility index (Phi) is 5.34. The smallest absolute Gasteiger partial charge is 0.224 e. The molecule has 2 aromatic rings. The van der Waals surface area contributed by atoms with Gasteiger partial charge in [-0.05, 0) is 28.8 Å². The van der Waals surface area contributed by atoms with Gasteiger partial charge in [-0.15, -0.1) is 0 Å². The maximum absolute atomic E-state index is 12.1. The predicted octanol–water partition coefficient (Wildman–Crippen LogP) is 3.32. The van der Waals surface area contributed by atoms with Crippen molar-refractivity contribution in [3.8, 4) is 0 Å². The SMILES string of the molecule is CCCC(N)CC(=O)N(C)Cc1ccc2ccccc2c1. The minimum absolute atomic E-state index is 0.0263. The van der Waals surface area contributed by atoms with E-state index in [0.717, 1.165) is 18.4 Å². The third kappa shape index (κ3) is 4.30. The van der Waals surface area contributed by atoms with Crippen molar-refractivity contribution in [3.05, 3.63) is 48.0 Å². The van der Waals surface area contributed by atoms with Crippen molar-refractivity contribution >= 4 is 16.7 Å². The Morgan fingerprint density at radius 1 is 1.19 bits per heavy atom. The summed E-state index contributed by atoms with van der Waals surface area (Å²) in [7, 11) is 1.84. The third-order valence-corrected chi connectivity index (χ3v) is 3.76. The summed E-state index contributed by atoms with van der Waals surface area (Å²) in [6.45, 7) is 2.71. The van der Waals surface area contributed by atoms with Gasteiger partial charge in [0.1, 0.15) is 0 Å². The Balaban J connectivity index is 2.00. The Labute approximate surface area is 126 Å². The summed E-state index contributed by atoms with van der Waals surface area (Å²) in [6.07, 6.45) is 2.34. The standard InChI is InChI=1S/C18H24N2O/c1-3-6-17(19)12-18(21)20(2)13-14-9-10-15-7-4-5-8-16(15)11-14/h4-5,7-11,17H,3,6,12-13,19H2,1-2H3. The van der Waals surface area contributed by atoms with Crippen molar-refractivity contribution in [3.63, 3.8) is 0 Å². The van der Waals surface area contributed by atoms with Crippen LogP contribution >= 0.6 is 0 Å². The van der Waals surface area contributed by atoms with E-state index >= 15 is 0 Å². The van der Waals surface area contributed by atoms with Crippen molar-refractivity contribution in [2.45, 2.75) is 38.8 Å². The van der Waals surface area contributed by atoms with Gasteiger partial charge >= 0.3 is 0 Å². The molecule has 0 aliphatic rings. The molecule has 3 nitrogen and oxygen atoms in total. The minimum atomic E-state index is -0.0263. The number of fused-ring (bicyclic) bond motifs is 1. The lowest BCUT2D eigenvalue weighted by atomic mass is 10.1. The fourth-order valence-electron chi connectivity index (χ4n) is 2.55. The van der Waals surface area contributed by atoms with Gasteiger partial charge in [0.2, 0.25) is 5.91 Å². The molecule has 0 aromatic heterocycles. The molecule has 0 radical (unpaired) electrons. The highest BCUT2D eigenvalue weighted by molar-refractivity contribution is 5.83. The Hall–Kier alpha value is -1.87. The first-order chi connectivity index (χ1) is 10.1. The molecule has 0 spiro atoms. The highest BCUT2D eigenvalue weighted by atomic mass is 16.2. The van der Waals surface area contributed by atoms with E-state index in [-0.39, 0.29) is 11.9 Å². The highest BCUT2D eigenvalue weighted by Crippen LogP contribution is 2.17. The third-order valence-electron chi connectivity index (χ3n) is 3.76. The van der Waals surface area contributed by atoms with Gasteiger partial charge < -0.3 is 10.6 Å². The zero-order valence-electron chi connectivity index (χ0n) is 12.9. The van der Waals surface area contributed by atoms with Gasteiger partial charge in [0.25, 0.3) is 0 Å². The lowest BCUT2D eigenvalue weighted by Crippen LogP contribution is -2.32. The van der Waals surface area contributed by atoms with Gasteiger partial charge in [-0.3, -0.25) is 4.79 Å². The first-order valence-corrected chi connectivity index (χ1v) is 7.57. The maximum atomic E-state index is 12.1. The van der Waals surface area contributed by atoms with Gasteiger partial charge in [-0.2, -0.15) is 0 Å². The van der Waals surface area contributed by atoms with Crippen LogP contribution in [0.5, 0.6) is 0 Å². The van der Waals surface area contributed by atoms with Crippen LogP contribution in [0.1, 0.15) is 31.7 Å². The molecule has 3 heteroatoms. The number of hydrogen-bond acceptors (Lipinski definition) is 2. The molecule has 0 saturated heterocycles. The largest absolute Gasteiger partial charge is 0.341 e. The summed E-state index contributed by atoms with van der Waals surface area (Å²) in [5, 5.41) is 2.43. The van der Waals surface area contributed by atoms with E-state index in [0.29, 0.717) is 13.0 Å². The normalized spacial score (nSPS) is 12.3. The number of hydrogen-bond donors (Lipinski definition) is 1. The molecule has 0 heterocycles. The van der Waals surface area contributed by atoms with Gasteiger partial charge in [-0.25, -0.2) is 0 Å². The van der Waals surface area contributed by atoms with Crippen LogP contribution in [0.4, 0.5) is 0 Å². The van der Waals surface area contributed by atoms with E-state index in [4.69, 9.17) is 5.73 Å².